The number of carbonyl (C=O) groups excluding carboxylic acids is 1. The number of hydrogen-bond acceptors (Lipinski definition) is 14. The van der Waals surface area contributed by atoms with Gasteiger partial charge >= 0.3 is 0 Å². The highest BCUT2D eigenvalue weighted by atomic mass is 16.7. The number of aliphatic hydroxyl groups excluding tert-OH is 6. The summed E-state index contributed by atoms with van der Waals surface area (Å²) >= 11 is 0. The third-order valence-electron chi connectivity index (χ3n) is 6.96. The van der Waals surface area contributed by atoms with Crippen LogP contribution >= 0.6 is 0 Å². The number of hydrogen-bond donors (Lipinski definition) is 10. The van der Waals surface area contributed by atoms with Crippen molar-refractivity contribution in [2.45, 2.75) is 112 Å². The lowest BCUT2D eigenvalue weighted by Crippen LogP contribution is -2.61. The molecule has 1 saturated carbocycles. The number of carbonyl (C=O) groups is 1. The SMILES string of the molecule is C[C@@H]1O[C@H](O[C@H]2C[C@H](O[C@H]3C[C@@H](N)C[C@@H](NC(=O)[C@@H](O)[C@H](O)CN)[C@@H]3O)O[C@@H]2CO)[C@H](N)[C@@H](O)[C@@H]1O. The Morgan fingerprint density at radius 2 is 1.72 bits per heavy atom. The molecule has 0 aromatic heterocycles. The maximum Gasteiger partial charge on any atom is 0.251 e. The Kier molecular flexibility index (Phi) is 10.4. The van der Waals surface area contributed by atoms with Gasteiger partial charge in [0, 0.05) is 19.0 Å². The van der Waals surface area contributed by atoms with Gasteiger partial charge in [-0.15, -0.1) is 0 Å². The van der Waals surface area contributed by atoms with Crippen LogP contribution < -0.4 is 22.5 Å². The first-order valence-corrected chi connectivity index (χ1v) is 12.1. The van der Waals surface area contributed by atoms with Crippen molar-refractivity contribution in [3.63, 3.8) is 0 Å². The van der Waals surface area contributed by atoms with Gasteiger partial charge in [-0.25, -0.2) is 0 Å². The quantitative estimate of drug-likeness (QED) is 0.135. The van der Waals surface area contributed by atoms with Crippen LogP contribution in [0.25, 0.3) is 0 Å². The summed E-state index contributed by atoms with van der Waals surface area (Å²) in [6.45, 7) is 0.825. The summed E-state index contributed by atoms with van der Waals surface area (Å²) in [6.07, 6.45) is -11.4. The standard InChI is InChI=1S/C21H40N4O11/c1-7-16(28)19(31)15(24)21(33-7)36-11-4-14(35-13(11)6-26)34-12-3-8(23)2-9(17(12)29)25-20(32)18(30)10(27)5-22/h7-19,21,26-31H,2-6,22-24H2,1H3,(H,25,32)/t7-,8-,9+,10+,11-,12-,13+,14+,15+,16+,17-,18-,19+,21+/m0/s1. The van der Waals surface area contributed by atoms with Crippen molar-refractivity contribution >= 4 is 5.91 Å². The van der Waals surface area contributed by atoms with Crippen molar-refractivity contribution in [2.75, 3.05) is 13.2 Å². The highest BCUT2D eigenvalue weighted by Crippen LogP contribution is 2.32. The lowest BCUT2D eigenvalue weighted by atomic mass is 9.86. The normalized spacial score (nSPS) is 45.3. The summed E-state index contributed by atoms with van der Waals surface area (Å²) in [7, 11) is 0. The number of ether oxygens (including phenoxy) is 4. The van der Waals surface area contributed by atoms with Crippen LogP contribution in [0.15, 0.2) is 0 Å². The van der Waals surface area contributed by atoms with Gasteiger partial charge in [-0.3, -0.25) is 4.79 Å². The molecule has 14 atom stereocenters. The highest BCUT2D eigenvalue weighted by molar-refractivity contribution is 5.81. The Hall–Kier alpha value is -1.05. The molecule has 0 bridgehead atoms. The van der Waals surface area contributed by atoms with E-state index in [4.69, 9.17) is 36.1 Å². The molecule has 2 heterocycles. The predicted molar refractivity (Wildman–Crippen MR) is 121 cm³/mol. The van der Waals surface area contributed by atoms with Crippen LogP contribution in [0.3, 0.4) is 0 Å². The summed E-state index contributed by atoms with van der Waals surface area (Å²) in [6, 6.07) is -2.35. The Morgan fingerprint density at radius 3 is 2.36 bits per heavy atom. The van der Waals surface area contributed by atoms with Gasteiger partial charge < -0.3 is 72.1 Å². The number of nitrogens with two attached hydrogens (primary N) is 3. The zero-order valence-corrected chi connectivity index (χ0v) is 20.1. The van der Waals surface area contributed by atoms with E-state index in [1.807, 2.05) is 0 Å². The fourth-order valence-electron chi connectivity index (χ4n) is 4.72. The molecule has 3 fully saturated rings. The minimum Gasteiger partial charge on any atom is -0.394 e. The Morgan fingerprint density at radius 1 is 1.03 bits per heavy atom. The molecule has 15 nitrogen and oxygen atoms in total. The summed E-state index contributed by atoms with van der Waals surface area (Å²) in [5, 5.41) is 62.6. The fraction of sp³-hybridized carbons (Fsp3) is 0.952. The molecule has 1 aliphatic carbocycles. The smallest absolute Gasteiger partial charge is 0.251 e. The Labute approximate surface area is 208 Å². The first-order chi connectivity index (χ1) is 17.0. The largest absolute Gasteiger partial charge is 0.394 e. The van der Waals surface area contributed by atoms with Crippen molar-refractivity contribution in [2.24, 2.45) is 17.2 Å². The van der Waals surface area contributed by atoms with Gasteiger partial charge in [-0.1, -0.05) is 0 Å². The van der Waals surface area contributed by atoms with Crippen molar-refractivity contribution in [3.05, 3.63) is 0 Å². The van der Waals surface area contributed by atoms with Crippen LogP contribution in [0.5, 0.6) is 0 Å². The molecule has 0 radical (unpaired) electrons. The molecule has 3 aliphatic rings. The van der Waals surface area contributed by atoms with E-state index >= 15 is 0 Å². The van der Waals surface area contributed by atoms with Crippen LogP contribution in [-0.4, -0.2) is 135 Å². The summed E-state index contributed by atoms with van der Waals surface area (Å²) in [4.78, 5) is 12.2. The number of amides is 1. The van der Waals surface area contributed by atoms with Gasteiger partial charge in [0.1, 0.15) is 30.5 Å². The second-order valence-corrected chi connectivity index (χ2v) is 9.72. The lowest BCUT2D eigenvalue weighted by molar-refractivity contribution is -0.272. The molecule has 36 heavy (non-hydrogen) atoms. The Balaban J connectivity index is 1.59. The van der Waals surface area contributed by atoms with Crippen molar-refractivity contribution in [1.82, 2.24) is 5.32 Å². The molecule has 0 unspecified atom stereocenters. The zero-order valence-electron chi connectivity index (χ0n) is 20.1. The second-order valence-electron chi connectivity index (χ2n) is 9.72. The van der Waals surface area contributed by atoms with E-state index in [9.17, 15) is 35.4 Å². The average molecular weight is 525 g/mol. The molecule has 2 saturated heterocycles. The summed E-state index contributed by atoms with van der Waals surface area (Å²) in [5.41, 5.74) is 17.3. The van der Waals surface area contributed by atoms with E-state index in [-0.39, 0.29) is 25.8 Å². The molecular formula is C21H40N4O11. The van der Waals surface area contributed by atoms with Crippen LogP contribution in [0.2, 0.25) is 0 Å². The summed E-state index contributed by atoms with van der Waals surface area (Å²) < 4.78 is 23.1. The van der Waals surface area contributed by atoms with Crippen molar-refractivity contribution in [1.29, 1.82) is 0 Å². The molecule has 0 aromatic rings. The van der Waals surface area contributed by atoms with E-state index in [1.54, 1.807) is 6.92 Å². The lowest BCUT2D eigenvalue weighted by Gasteiger charge is -2.41. The first kappa shape index (κ1) is 29.5. The van der Waals surface area contributed by atoms with Crippen LogP contribution in [-0.2, 0) is 23.7 Å². The van der Waals surface area contributed by atoms with Crippen LogP contribution in [0.4, 0.5) is 0 Å². The van der Waals surface area contributed by atoms with E-state index < -0.39 is 98.2 Å². The third kappa shape index (κ3) is 6.68. The molecule has 3 rings (SSSR count). The van der Waals surface area contributed by atoms with E-state index in [1.165, 1.54) is 0 Å². The fourth-order valence-corrected chi connectivity index (χ4v) is 4.72. The zero-order chi connectivity index (χ0) is 26.7. The van der Waals surface area contributed by atoms with Crippen molar-refractivity contribution in [3.8, 4) is 0 Å². The monoisotopic (exact) mass is 524 g/mol. The predicted octanol–water partition coefficient (Wildman–Crippen LogP) is -5.69. The maximum absolute atomic E-state index is 12.2. The molecule has 1 amide bonds. The second kappa shape index (κ2) is 12.7. The molecule has 0 aromatic carbocycles. The topological polar surface area (TPSA) is 265 Å². The molecular weight excluding hydrogens is 484 g/mol. The van der Waals surface area contributed by atoms with Gasteiger partial charge in [-0.05, 0) is 19.8 Å². The van der Waals surface area contributed by atoms with Crippen LogP contribution in [0.1, 0.15) is 26.2 Å². The van der Waals surface area contributed by atoms with Gasteiger partial charge in [-0.2, -0.15) is 0 Å². The van der Waals surface area contributed by atoms with E-state index in [0.717, 1.165) is 0 Å². The van der Waals surface area contributed by atoms with Gasteiger partial charge in [0.05, 0.1) is 37.0 Å². The third-order valence-corrected chi connectivity index (χ3v) is 6.96. The molecule has 210 valence electrons. The highest BCUT2D eigenvalue weighted by Gasteiger charge is 2.47. The number of rotatable bonds is 9. The molecule has 13 N–H and O–H groups in total. The molecule has 15 heteroatoms. The number of aliphatic hydroxyl groups is 6. The van der Waals surface area contributed by atoms with Gasteiger partial charge in [0.15, 0.2) is 18.7 Å². The minimum atomic E-state index is -1.77. The minimum absolute atomic E-state index is 0.127. The summed E-state index contributed by atoms with van der Waals surface area (Å²) in [5.74, 6) is -0.902. The van der Waals surface area contributed by atoms with Crippen molar-refractivity contribution < 1.29 is 54.4 Å². The van der Waals surface area contributed by atoms with Gasteiger partial charge in [0.25, 0.3) is 5.91 Å². The average Bonchev–Trinajstić information content (AvgIpc) is 3.23. The Bertz CT molecular complexity index is 723. The molecule has 2 aliphatic heterocycles. The van der Waals surface area contributed by atoms with E-state index in [2.05, 4.69) is 5.32 Å². The first-order valence-electron chi connectivity index (χ1n) is 12.1. The number of nitrogens with one attached hydrogen (secondary N) is 1. The van der Waals surface area contributed by atoms with Crippen LogP contribution in [0, 0.1) is 0 Å². The molecule has 0 spiro atoms. The van der Waals surface area contributed by atoms with Gasteiger partial charge in [0.2, 0.25) is 0 Å². The maximum atomic E-state index is 12.2. The van der Waals surface area contributed by atoms with E-state index in [0.29, 0.717) is 0 Å².